The molecule has 98 valence electrons. The van der Waals surface area contributed by atoms with Gasteiger partial charge in [0.2, 0.25) is 0 Å². The number of carboxylic acid groups (broad SMARTS) is 1. The highest BCUT2D eigenvalue weighted by Gasteiger charge is 2.22. The number of hydrogen-bond acceptors (Lipinski definition) is 4. The maximum absolute atomic E-state index is 10.5. The number of nitriles is 1. The molecule has 0 saturated heterocycles. The van der Waals surface area contributed by atoms with Crippen LogP contribution in [0.1, 0.15) is 17.5 Å². The van der Waals surface area contributed by atoms with Gasteiger partial charge in [-0.15, -0.1) is 11.8 Å². The Bertz CT molecular complexity index is 549. The second kappa shape index (κ2) is 6.39. The lowest BCUT2D eigenvalue weighted by molar-refractivity contribution is -0.136. The second-order valence-corrected chi connectivity index (χ2v) is 5.41. The van der Waals surface area contributed by atoms with Crippen LogP contribution in [0, 0.1) is 11.3 Å². The van der Waals surface area contributed by atoms with E-state index in [0.29, 0.717) is 12.3 Å². The van der Waals surface area contributed by atoms with Crippen molar-refractivity contribution in [1.82, 2.24) is 0 Å². The molecule has 1 unspecified atom stereocenters. The van der Waals surface area contributed by atoms with E-state index in [0.717, 1.165) is 17.7 Å². The molecular weight excluding hydrogens is 260 g/mol. The number of aliphatic imine (C=N–C) groups is 1. The van der Waals surface area contributed by atoms with Crippen molar-refractivity contribution in [3.05, 3.63) is 35.4 Å². The van der Waals surface area contributed by atoms with Crippen molar-refractivity contribution in [3.8, 4) is 6.07 Å². The molecule has 1 aromatic rings. The zero-order chi connectivity index (χ0) is 13.7. The molecule has 5 heteroatoms. The van der Waals surface area contributed by atoms with E-state index in [-0.39, 0.29) is 11.7 Å². The van der Waals surface area contributed by atoms with Gasteiger partial charge in [0.15, 0.2) is 0 Å². The molecular formula is C14H14N2O2S. The third kappa shape index (κ3) is 3.36. The van der Waals surface area contributed by atoms with Gasteiger partial charge >= 0.3 is 5.97 Å². The Morgan fingerprint density at radius 1 is 1.53 bits per heavy atom. The molecule has 1 aromatic carbocycles. The van der Waals surface area contributed by atoms with E-state index < -0.39 is 5.97 Å². The van der Waals surface area contributed by atoms with Crippen LogP contribution in [-0.2, 0) is 11.2 Å². The molecule has 0 bridgehead atoms. The Balaban J connectivity index is 2.13. The van der Waals surface area contributed by atoms with Gasteiger partial charge in [0.1, 0.15) is 5.25 Å². The van der Waals surface area contributed by atoms with Crippen LogP contribution in [0.4, 0.5) is 0 Å². The molecule has 0 saturated carbocycles. The molecule has 0 aliphatic carbocycles. The Hall–Kier alpha value is -1.80. The van der Waals surface area contributed by atoms with Gasteiger partial charge in [-0.2, -0.15) is 5.26 Å². The Morgan fingerprint density at radius 3 is 3.05 bits per heavy atom. The van der Waals surface area contributed by atoms with Crippen molar-refractivity contribution >= 4 is 23.4 Å². The van der Waals surface area contributed by atoms with E-state index >= 15 is 0 Å². The van der Waals surface area contributed by atoms with E-state index in [2.05, 4.69) is 17.1 Å². The van der Waals surface area contributed by atoms with Crippen molar-refractivity contribution in [2.45, 2.75) is 18.1 Å². The molecule has 1 aliphatic heterocycles. The van der Waals surface area contributed by atoms with Crippen LogP contribution in [0.2, 0.25) is 0 Å². The molecule has 1 atom stereocenters. The first kappa shape index (κ1) is 13.6. The van der Waals surface area contributed by atoms with Crippen LogP contribution in [0.15, 0.2) is 29.3 Å². The van der Waals surface area contributed by atoms with Gasteiger partial charge in [0.25, 0.3) is 0 Å². The van der Waals surface area contributed by atoms with E-state index in [4.69, 9.17) is 5.11 Å². The number of rotatable bonds is 5. The normalized spacial score (nSPS) is 15.0. The summed E-state index contributed by atoms with van der Waals surface area (Å²) in [7, 11) is 0. The Labute approximate surface area is 116 Å². The van der Waals surface area contributed by atoms with Crippen molar-refractivity contribution in [2.24, 2.45) is 4.99 Å². The summed E-state index contributed by atoms with van der Waals surface area (Å²) in [6, 6.07) is 10.2. The molecule has 0 radical (unpaired) electrons. The summed E-state index contributed by atoms with van der Waals surface area (Å²) in [6.07, 6.45) is 0.968. The van der Waals surface area contributed by atoms with E-state index in [1.807, 2.05) is 18.2 Å². The number of aliphatic carboxylic acids is 1. The molecule has 19 heavy (non-hydrogen) atoms. The molecule has 0 amide bonds. The molecule has 0 spiro atoms. The number of carbonyl (C=O) groups is 1. The van der Waals surface area contributed by atoms with Crippen molar-refractivity contribution < 1.29 is 9.90 Å². The maximum atomic E-state index is 10.5. The average Bonchev–Trinajstić information content (AvgIpc) is 2.43. The van der Waals surface area contributed by atoms with Gasteiger partial charge in [0, 0.05) is 17.9 Å². The molecule has 2 rings (SSSR count). The number of benzene rings is 1. The third-order valence-corrected chi connectivity index (χ3v) is 4.02. The summed E-state index contributed by atoms with van der Waals surface area (Å²) in [4.78, 5) is 15.0. The fraction of sp³-hybridized carbons (Fsp3) is 0.357. The Morgan fingerprint density at radius 2 is 2.32 bits per heavy atom. The number of hydrogen-bond donors (Lipinski definition) is 1. The maximum Gasteiger partial charge on any atom is 0.304 e. The first-order valence-electron chi connectivity index (χ1n) is 6.08. The topological polar surface area (TPSA) is 73.5 Å². The smallest absolute Gasteiger partial charge is 0.304 e. The first-order chi connectivity index (χ1) is 9.22. The highest BCUT2D eigenvalue weighted by Crippen LogP contribution is 2.23. The fourth-order valence-corrected chi connectivity index (χ4v) is 3.00. The minimum absolute atomic E-state index is 0.0672. The monoisotopic (exact) mass is 274 g/mol. The third-order valence-electron chi connectivity index (χ3n) is 2.92. The molecule has 1 aliphatic rings. The summed E-state index contributed by atoms with van der Waals surface area (Å²) in [5.41, 5.74) is 3.04. The molecule has 0 fully saturated rings. The summed E-state index contributed by atoms with van der Waals surface area (Å²) in [5, 5.41) is 17.5. The van der Waals surface area contributed by atoms with Crippen molar-refractivity contribution in [3.63, 3.8) is 0 Å². The number of nitrogens with zero attached hydrogens (tertiary/aromatic N) is 2. The fourth-order valence-electron chi connectivity index (χ4n) is 2.04. The number of fused-ring (bicyclic) bond motifs is 1. The van der Waals surface area contributed by atoms with E-state index in [1.165, 1.54) is 17.3 Å². The summed E-state index contributed by atoms with van der Waals surface area (Å²) in [6.45, 7) is 0.698. The van der Waals surface area contributed by atoms with Gasteiger partial charge in [-0.25, -0.2) is 0 Å². The van der Waals surface area contributed by atoms with Crippen molar-refractivity contribution in [2.75, 3.05) is 12.3 Å². The zero-order valence-electron chi connectivity index (χ0n) is 10.4. The lowest BCUT2D eigenvalue weighted by atomic mass is 9.96. The lowest BCUT2D eigenvalue weighted by Gasteiger charge is -2.19. The minimum atomic E-state index is -0.838. The molecule has 4 nitrogen and oxygen atoms in total. The largest absolute Gasteiger partial charge is 0.481 e. The quantitative estimate of drug-likeness (QED) is 0.892. The van der Waals surface area contributed by atoms with Crippen molar-refractivity contribution in [1.29, 1.82) is 5.26 Å². The van der Waals surface area contributed by atoms with Crippen LogP contribution >= 0.6 is 11.8 Å². The average molecular weight is 274 g/mol. The lowest BCUT2D eigenvalue weighted by Crippen LogP contribution is -2.23. The molecule has 1 N–H and O–H groups in total. The summed E-state index contributed by atoms with van der Waals surface area (Å²) < 4.78 is 0. The number of carboxylic acids is 1. The highest BCUT2D eigenvalue weighted by molar-refractivity contribution is 8.00. The standard InChI is InChI=1S/C14H14N2O2S/c15-9-12(19-8-6-13(17)18)14-11-4-2-1-3-10(11)5-7-16-14/h1-4,12H,5-8H2,(H,17,18). The van der Waals surface area contributed by atoms with Gasteiger partial charge in [-0.3, -0.25) is 9.79 Å². The summed E-state index contributed by atoms with van der Waals surface area (Å²) >= 11 is 1.35. The number of thioether (sulfide) groups is 1. The Kier molecular flexibility index (Phi) is 4.58. The van der Waals surface area contributed by atoms with E-state index in [1.54, 1.807) is 0 Å². The molecule has 0 aromatic heterocycles. The van der Waals surface area contributed by atoms with Gasteiger partial charge in [0.05, 0.1) is 18.2 Å². The highest BCUT2D eigenvalue weighted by atomic mass is 32.2. The van der Waals surface area contributed by atoms with Gasteiger partial charge in [-0.05, 0) is 12.0 Å². The zero-order valence-corrected chi connectivity index (χ0v) is 11.2. The van der Waals surface area contributed by atoms with Gasteiger partial charge < -0.3 is 5.11 Å². The second-order valence-electron chi connectivity index (χ2n) is 4.20. The van der Waals surface area contributed by atoms with E-state index in [9.17, 15) is 10.1 Å². The SMILES string of the molecule is N#CC(SCCC(=O)O)C1=NCCc2ccccc21. The van der Waals surface area contributed by atoms with Crippen LogP contribution in [0.3, 0.4) is 0 Å². The van der Waals surface area contributed by atoms with Crippen LogP contribution in [0.25, 0.3) is 0 Å². The summed E-state index contributed by atoms with van der Waals surface area (Å²) in [5.74, 6) is -0.412. The predicted molar refractivity (Wildman–Crippen MR) is 75.7 cm³/mol. The first-order valence-corrected chi connectivity index (χ1v) is 7.13. The van der Waals surface area contributed by atoms with Crippen LogP contribution in [0.5, 0.6) is 0 Å². The van der Waals surface area contributed by atoms with Crippen LogP contribution < -0.4 is 0 Å². The predicted octanol–water partition coefficient (Wildman–Crippen LogP) is 2.13. The minimum Gasteiger partial charge on any atom is -0.481 e. The van der Waals surface area contributed by atoms with Crippen LogP contribution in [-0.4, -0.2) is 34.3 Å². The van der Waals surface area contributed by atoms with Gasteiger partial charge in [-0.1, -0.05) is 24.3 Å². The molecule has 1 heterocycles.